The molecule has 1 unspecified atom stereocenters. The average Bonchev–Trinajstić information content (AvgIpc) is 2.75. The van der Waals surface area contributed by atoms with Crippen LogP contribution in [0.4, 0.5) is 0 Å². The molecule has 0 aliphatic carbocycles. The maximum absolute atomic E-state index is 5.98. The minimum absolute atomic E-state index is 0.235. The van der Waals surface area contributed by atoms with Crippen molar-refractivity contribution >= 4 is 21.5 Å². The summed E-state index contributed by atoms with van der Waals surface area (Å²) in [6.45, 7) is 4.74. The van der Waals surface area contributed by atoms with Gasteiger partial charge < -0.3 is 9.47 Å². The minimum Gasteiger partial charge on any atom is -0.467 e. The van der Waals surface area contributed by atoms with E-state index in [0.717, 1.165) is 17.7 Å². The average molecular weight is 370 g/mol. The molecule has 0 heterocycles. The summed E-state index contributed by atoms with van der Waals surface area (Å²) in [5.41, 5.74) is 3.69. The second-order valence-corrected chi connectivity index (χ2v) is 7.31. The lowest BCUT2D eigenvalue weighted by atomic mass is 9.88. The zero-order chi connectivity index (χ0) is 19.5. The van der Waals surface area contributed by atoms with Gasteiger partial charge >= 0.3 is 0 Å². The Morgan fingerprint density at radius 3 is 2.07 bits per heavy atom. The van der Waals surface area contributed by atoms with Gasteiger partial charge in [0.25, 0.3) is 0 Å². The lowest BCUT2D eigenvalue weighted by Crippen LogP contribution is -2.02. The Hall–Kier alpha value is -2.84. The maximum atomic E-state index is 5.98. The number of hydrogen-bond acceptors (Lipinski definition) is 2. The van der Waals surface area contributed by atoms with Crippen molar-refractivity contribution in [3.8, 4) is 16.9 Å². The molecule has 2 heteroatoms. The largest absolute Gasteiger partial charge is 0.467 e. The molecule has 4 aromatic rings. The fourth-order valence-corrected chi connectivity index (χ4v) is 3.84. The van der Waals surface area contributed by atoms with Gasteiger partial charge in [-0.05, 0) is 57.6 Å². The van der Waals surface area contributed by atoms with Crippen LogP contribution in [-0.4, -0.2) is 13.9 Å². The van der Waals surface area contributed by atoms with Crippen molar-refractivity contribution in [1.29, 1.82) is 0 Å². The number of hydrogen-bond donors (Lipinski definition) is 0. The Labute approximate surface area is 166 Å². The minimum atomic E-state index is 0.235. The van der Waals surface area contributed by atoms with Gasteiger partial charge in [0.05, 0.1) is 0 Å². The van der Waals surface area contributed by atoms with Crippen molar-refractivity contribution in [1.82, 2.24) is 0 Å². The van der Waals surface area contributed by atoms with Crippen LogP contribution in [0.15, 0.2) is 72.8 Å². The van der Waals surface area contributed by atoms with E-state index in [0.29, 0.717) is 5.92 Å². The third-order valence-electron chi connectivity index (χ3n) is 5.56. The number of fused-ring (bicyclic) bond motifs is 2. The third-order valence-corrected chi connectivity index (χ3v) is 5.56. The molecule has 0 N–H and O–H groups in total. The van der Waals surface area contributed by atoms with Crippen LogP contribution in [0.1, 0.15) is 31.7 Å². The van der Waals surface area contributed by atoms with E-state index in [4.69, 9.17) is 9.47 Å². The summed E-state index contributed by atoms with van der Waals surface area (Å²) in [7, 11) is 1.65. The molecule has 4 rings (SSSR count). The standard InChI is InChI=1S/C26H26O2/c1-4-18(2)19-13-14-25(28-17-27-3)24(16-19)26-22-11-7-5-9-20(22)15-21-10-6-8-12-23(21)26/h5-16,18H,4,17H2,1-3H3. The molecule has 142 valence electrons. The van der Waals surface area contributed by atoms with E-state index < -0.39 is 0 Å². The molecule has 0 aliphatic rings. The van der Waals surface area contributed by atoms with E-state index in [1.54, 1.807) is 7.11 Å². The normalized spacial score (nSPS) is 12.4. The van der Waals surface area contributed by atoms with Gasteiger partial charge in [-0.25, -0.2) is 0 Å². The Morgan fingerprint density at radius 2 is 1.46 bits per heavy atom. The van der Waals surface area contributed by atoms with Gasteiger partial charge in [-0.3, -0.25) is 0 Å². The van der Waals surface area contributed by atoms with Crippen LogP contribution >= 0.6 is 0 Å². The summed E-state index contributed by atoms with van der Waals surface area (Å²) in [6, 6.07) is 26.0. The van der Waals surface area contributed by atoms with Crippen molar-refractivity contribution in [2.24, 2.45) is 0 Å². The summed E-state index contributed by atoms with van der Waals surface area (Å²) in [5.74, 6) is 1.35. The molecule has 1 atom stereocenters. The van der Waals surface area contributed by atoms with Crippen molar-refractivity contribution in [2.45, 2.75) is 26.2 Å². The second kappa shape index (κ2) is 8.04. The summed E-state index contributed by atoms with van der Waals surface area (Å²) in [4.78, 5) is 0. The molecule has 0 aromatic heterocycles. The van der Waals surface area contributed by atoms with Gasteiger partial charge in [-0.1, -0.05) is 68.4 Å². The summed E-state index contributed by atoms with van der Waals surface area (Å²) < 4.78 is 11.2. The molecule has 0 spiro atoms. The van der Waals surface area contributed by atoms with Crippen molar-refractivity contribution in [3.05, 3.63) is 78.4 Å². The molecule has 4 aromatic carbocycles. The first-order valence-corrected chi connectivity index (χ1v) is 9.89. The van der Waals surface area contributed by atoms with Crippen LogP contribution < -0.4 is 4.74 Å². The zero-order valence-electron chi connectivity index (χ0n) is 16.7. The Morgan fingerprint density at radius 1 is 0.821 bits per heavy atom. The van der Waals surface area contributed by atoms with Gasteiger partial charge in [-0.2, -0.15) is 0 Å². The highest BCUT2D eigenvalue weighted by atomic mass is 16.7. The molecule has 0 saturated carbocycles. The molecule has 0 saturated heterocycles. The Balaban J connectivity index is 2.07. The highest BCUT2D eigenvalue weighted by Crippen LogP contribution is 2.42. The predicted octanol–water partition coefficient (Wildman–Crippen LogP) is 7.16. The van der Waals surface area contributed by atoms with E-state index >= 15 is 0 Å². The third kappa shape index (κ3) is 3.36. The van der Waals surface area contributed by atoms with Crippen LogP contribution in [0.25, 0.3) is 32.7 Å². The van der Waals surface area contributed by atoms with Crippen molar-refractivity contribution < 1.29 is 9.47 Å². The van der Waals surface area contributed by atoms with E-state index in [1.165, 1.54) is 32.7 Å². The number of methoxy groups -OCH3 is 1. The van der Waals surface area contributed by atoms with E-state index in [1.807, 2.05) is 0 Å². The van der Waals surface area contributed by atoms with Gasteiger partial charge in [0.1, 0.15) is 5.75 Å². The second-order valence-electron chi connectivity index (χ2n) is 7.31. The lowest BCUT2D eigenvalue weighted by Gasteiger charge is -2.18. The molecule has 0 amide bonds. The first kappa shape index (κ1) is 18.5. The van der Waals surface area contributed by atoms with Crippen LogP contribution in [0.2, 0.25) is 0 Å². The summed E-state index contributed by atoms with van der Waals surface area (Å²) in [5, 5.41) is 4.96. The number of benzene rings is 4. The molecule has 0 fully saturated rings. The van der Waals surface area contributed by atoms with Gasteiger partial charge in [-0.15, -0.1) is 0 Å². The van der Waals surface area contributed by atoms with Gasteiger partial charge in [0, 0.05) is 18.2 Å². The van der Waals surface area contributed by atoms with Gasteiger partial charge in [0.2, 0.25) is 0 Å². The van der Waals surface area contributed by atoms with Crippen LogP contribution in [0.3, 0.4) is 0 Å². The SMILES string of the molecule is CCC(C)c1ccc(OCOC)c(-c2c3ccccc3cc3ccccc23)c1. The summed E-state index contributed by atoms with van der Waals surface area (Å²) in [6.07, 6.45) is 1.11. The van der Waals surface area contributed by atoms with Crippen LogP contribution in [0.5, 0.6) is 5.75 Å². The molecule has 0 radical (unpaired) electrons. The molecule has 2 nitrogen and oxygen atoms in total. The first-order chi connectivity index (χ1) is 13.7. The zero-order valence-corrected chi connectivity index (χ0v) is 16.7. The maximum Gasteiger partial charge on any atom is 0.188 e. The fraction of sp³-hybridized carbons (Fsp3) is 0.231. The molecule has 0 bridgehead atoms. The first-order valence-electron chi connectivity index (χ1n) is 9.89. The Bertz CT molecular complexity index is 1060. The van der Waals surface area contributed by atoms with Crippen molar-refractivity contribution in [3.63, 3.8) is 0 Å². The van der Waals surface area contributed by atoms with E-state index in [2.05, 4.69) is 86.6 Å². The van der Waals surface area contributed by atoms with Crippen LogP contribution in [0, 0.1) is 0 Å². The quantitative estimate of drug-likeness (QED) is 0.265. The topological polar surface area (TPSA) is 18.5 Å². The highest BCUT2D eigenvalue weighted by molar-refractivity contribution is 6.13. The molecular formula is C26H26O2. The fourth-order valence-electron chi connectivity index (χ4n) is 3.84. The molecular weight excluding hydrogens is 344 g/mol. The predicted molar refractivity (Wildman–Crippen MR) is 118 cm³/mol. The monoisotopic (exact) mass is 370 g/mol. The smallest absolute Gasteiger partial charge is 0.188 e. The lowest BCUT2D eigenvalue weighted by molar-refractivity contribution is 0.0515. The van der Waals surface area contributed by atoms with E-state index in [-0.39, 0.29) is 6.79 Å². The molecule has 0 aliphatic heterocycles. The van der Waals surface area contributed by atoms with Gasteiger partial charge in [0.15, 0.2) is 6.79 Å². The number of ether oxygens (including phenoxy) is 2. The van der Waals surface area contributed by atoms with Crippen LogP contribution in [-0.2, 0) is 4.74 Å². The molecule has 28 heavy (non-hydrogen) atoms. The Kier molecular flexibility index (Phi) is 5.31. The summed E-state index contributed by atoms with van der Waals surface area (Å²) >= 11 is 0. The highest BCUT2D eigenvalue weighted by Gasteiger charge is 2.16. The van der Waals surface area contributed by atoms with Crippen molar-refractivity contribution in [2.75, 3.05) is 13.9 Å². The number of rotatable bonds is 6. The van der Waals surface area contributed by atoms with E-state index in [9.17, 15) is 0 Å².